The second kappa shape index (κ2) is 31.9. The third-order valence-corrected chi connectivity index (χ3v) is 9.00. The normalized spacial score (nSPS) is 14.1. The quantitative estimate of drug-likeness (QED) is 0.0226. The number of esters is 3. The number of unbranched alkanes of at least 4 members (excludes halogenated alkanes) is 12. The van der Waals surface area contributed by atoms with Crippen LogP contribution < -0.4 is 5.32 Å². The van der Waals surface area contributed by atoms with Crippen LogP contribution in [0.2, 0.25) is 0 Å². The molecule has 0 heterocycles. The second-order valence-electron chi connectivity index (χ2n) is 14.5. The zero-order valence-electron chi connectivity index (χ0n) is 33.7. The number of carbonyl (C=O) groups is 3. The third-order valence-electron chi connectivity index (χ3n) is 9.00. The van der Waals surface area contributed by atoms with Gasteiger partial charge in [-0.25, -0.2) is 17.6 Å². The number of carbonyl (C=O) groups excluding carboxylic acids is 3. The van der Waals surface area contributed by atoms with Crippen molar-refractivity contribution in [1.82, 2.24) is 5.32 Å². The predicted octanol–water partition coefficient (Wildman–Crippen LogP) is 11.8. The Morgan fingerprint density at radius 3 is 1.34 bits per heavy atom. The van der Waals surface area contributed by atoms with Crippen LogP contribution in [0.5, 0.6) is 0 Å². The molecule has 0 aliphatic rings. The summed E-state index contributed by atoms with van der Waals surface area (Å²) in [6.07, 6.45) is 18.2. The average Bonchev–Trinajstić information content (AvgIpc) is 3.09. The highest BCUT2D eigenvalue weighted by Crippen LogP contribution is 2.25. The summed E-state index contributed by atoms with van der Waals surface area (Å²) in [6.45, 7) is 7.86. The molecule has 0 fully saturated rings. The van der Waals surface area contributed by atoms with Crippen LogP contribution in [0.25, 0.3) is 0 Å². The lowest BCUT2D eigenvalue weighted by atomic mass is 10.0. The SMILES string of the molecule is CCCCCC(F)(F)/C=C\C(C)OC(=O)CCCCCCCC(CCCCCCCC(=O)OC(C)/C=C\C(F)(F)CCCCC)OC(=O)CCCNC. The number of rotatable bonds is 35. The van der Waals surface area contributed by atoms with E-state index in [4.69, 9.17) is 14.2 Å². The first kappa shape index (κ1) is 50.6. The highest BCUT2D eigenvalue weighted by molar-refractivity contribution is 5.70. The zero-order valence-corrected chi connectivity index (χ0v) is 33.7. The van der Waals surface area contributed by atoms with Crippen LogP contribution in [0.15, 0.2) is 24.3 Å². The molecular weight excluding hydrogens is 690 g/mol. The topological polar surface area (TPSA) is 90.9 Å². The van der Waals surface area contributed by atoms with Crippen LogP contribution in [0.1, 0.15) is 182 Å². The van der Waals surface area contributed by atoms with E-state index >= 15 is 0 Å². The number of hydrogen-bond donors (Lipinski definition) is 1. The van der Waals surface area contributed by atoms with E-state index in [1.807, 2.05) is 20.9 Å². The van der Waals surface area contributed by atoms with Gasteiger partial charge in [-0.15, -0.1) is 0 Å². The first-order chi connectivity index (χ1) is 25.2. The van der Waals surface area contributed by atoms with Gasteiger partial charge < -0.3 is 19.5 Å². The van der Waals surface area contributed by atoms with E-state index in [1.54, 1.807) is 13.8 Å². The summed E-state index contributed by atoms with van der Waals surface area (Å²) in [4.78, 5) is 36.7. The molecule has 0 aromatic rings. The Hall–Kier alpha value is -2.43. The van der Waals surface area contributed by atoms with Crippen molar-refractivity contribution in [3.63, 3.8) is 0 Å². The molecule has 310 valence electrons. The summed E-state index contributed by atoms with van der Waals surface area (Å²) in [6, 6.07) is 0. The molecule has 0 rings (SSSR count). The van der Waals surface area contributed by atoms with Crippen LogP contribution in [-0.4, -0.2) is 61.7 Å². The van der Waals surface area contributed by atoms with E-state index in [0.717, 1.165) is 109 Å². The van der Waals surface area contributed by atoms with Crippen LogP contribution in [0.3, 0.4) is 0 Å². The molecule has 0 radical (unpaired) electrons. The predicted molar refractivity (Wildman–Crippen MR) is 205 cm³/mol. The van der Waals surface area contributed by atoms with Gasteiger partial charge in [-0.05, 0) is 110 Å². The molecule has 0 aliphatic heterocycles. The van der Waals surface area contributed by atoms with Crippen molar-refractivity contribution in [3.8, 4) is 0 Å². The highest BCUT2D eigenvalue weighted by Gasteiger charge is 2.25. The van der Waals surface area contributed by atoms with Crippen molar-refractivity contribution in [2.24, 2.45) is 0 Å². The number of halogens is 4. The maximum Gasteiger partial charge on any atom is 0.306 e. The summed E-state index contributed by atoms with van der Waals surface area (Å²) in [5, 5.41) is 3.04. The lowest BCUT2D eigenvalue weighted by molar-refractivity contribution is -0.150. The van der Waals surface area contributed by atoms with Crippen LogP contribution in [0.4, 0.5) is 17.6 Å². The van der Waals surface area contributed by atoms with Crippen molar-refractivity contribution in [2.45, 2.75) is 212 Å². The Morgan fingerprint density at radius 2 is 0.925 bits per heavy atom. The van der Waals surface area contributed by atoms with E-state index in [0.29, 0.717) is 38.5 Å². The summed E-state index contributed by atoms with van der Waals surface area (Å²) >= 11 is 0. The van der Waals surface area contributed by atoms with Gasteiger partial charge in [0.25, 0.3) is 11.8 Å². The van der Waals surface area contributed by atoms with Crippen molar-refractivity contribution >= 4 is 17.9 Å². The molecule has 0 saturated carbocycles. The molecule has 0 aromatic carbocycles. The maximum absolute atomic E-state index is 13.9. The van der Waals surface area contributed by atoms with Gasteiger partial charge in [-0.1, -0.05) is 78.1 Å². The fourth-order valence-corrected chi connectivity index (χ4v) is 5.81. The Labute approximate surface area is 318 Å². The van der Waals surface area contributed by atoms with Gasteiger partial charge in [0.05, 0.1) is 0 Å². The van der Waals surface area contributed by atoms with Crippen molar-refractivity contribution in [2.75, 3.05) is 13.6 Å². The highest BCUT2D eigenvalue weighted by atomic mass is 19.3. The average molecular weight is 764 g/mol. The lowest BCUT2D eigenvalue weighted by Gasteiger charge is -2.18. The first-order valence-corrected chi connectivity index (χ1v) is 20.6. The monoisotopic (exact) mass is 764 g/mol. The van der Waals surface area contributed by atoms with E-state index < -0.39 is 24.1 Å². The van der Waals surface area contributed by atoms with Crippen molar-refractivity contribution < 1.29 is 46.2 Å². The molecule has 0 spiro atoms. The van der Waals surface area contributed by atoms with Gasteiger partial charge in [0.15, 0.2) is 0 Å². The molecule has 0 amide bonds. The lowest BCUT2D eigenvalue weighted by Crippen LogP contribution is -2.19. The number of hydrogen-bond acceptors (Lipinski definition) is 7. The molecule has 0 bridgehead atoms. The molecule has 2 unspecified atom stereocenters. The van der Waals surface area contributed by atoms with Gasteiger partial charge in [-0.3, -0.25) is 14.4 Å². The molecule has 0 aliphatic carbocycles. The van der Waals surface area contributed by atoms with E-state index in [9.17, 15) is 31.9 Å². The van der Waals surface area contributed by atoms with Gasteiger partial charge >= 0.3 is 17.9 Å². The molecule has 0 aromatic heterocycles. The smallest absolute Gasteiger partial charge is 0.306 e. The summed E-state index contributed by atoms with van der Waals surface area (Å²) in [7, 11) is 1.84. The fraction of sp³-hybridized carbons (Fsp3) is 0.833. The summed E-state index contributed by atoms with van der Waals surface area (Å²) < 4.78 is 72.1. The van der Waals surface area contributed by atoms with Gasteiger partial charge in [0.2, 0.25) is 0 Å². The first-order valence-electron chi connectivity index (χ1n) is 20.6. The summed E-state index contributed by atoms with van der Waals surface area (Å²) in [5.41, 5.74) is 0. The molecule has 11 heteroatoms. The standard InChI is InChI=1S/C42H73F4NO6/c1-6-8-20-30-41(43,44)32-28-35(3)51-38(48)25-18-14-10-12-16-23-37(53-40(50)27-22-34-47-5)24-17-13-11-15-19-26-39(49)52-36(4)29-33-42(45,46)31-21-9-7-2/h28-29,32-33,35-37,47H,6-27,30-31,34H2,1-5H3/b32-28-,33-29-. The van der Waals surface area contributed by atoms with E-state index in [1.165, 1.54) is 12.2 Å². The molecule has 2 atom stereocenters. The minimum absolute atomic E-state index is 0.149. The fourth-order valence-electron chi connectivity index (χ4n) is 5.81. The molecule has 7 nitrogen and oxygen atoms in total. The summed E-state index contributed by atoms with van der Waals surface area (Å²) in [5.74, 6) is -6.74. The van der Waals surface area contributed by atoms with Crippen LogP contribution in [-0.2, 0) is 28.6 Å². The van der Waals surface area contributed by atoms with Crippen molar-refractivity contribution in [1.29, 1.82) is 0 Å². The van der Waals surface area contributed by atoms with E-state index in [2.05, 4.69) is 5.32 Å². The Bertz CT molecular complexity index is 940. The Kier molecular flexibility index (Phi) is 30.4. The molecule has 1 N–H and O–H groups in total. The Balaban J connectivity index is 4.37. The van der Waals surface area contributed by atoms with Crippen LogP contribution >= 0.6 is 0 Å². The minimum Gasteiger partial charge on any atom is -0.462 e. The molecular formula is C42H73F4NO6. The largest absolute Gasteiger partial charge is 0.462 e. The molecule has 0 saturated heterocycles. The second-order valence-corrected chi connectivity index (χ2v) is 14.5. The van der Waals surface area contributed by atoms with Crippen LogP contribution in [0, 0.1) is 0 Å². The Morgan fingerprint density at radius 1 is 0.547 bits per heavy atom. The van der Waals surface area contributed by atoms with Gasteiger partial charge in [-0.2, -0.15) is 0 Å². The van der Waals surface area contributed by atoms with Gasteiger partial charge in [0, 0.05) is 32.1 Å². The van der Waals surface area contributed by atoms with Gasteiger partial charge in [0.1, 0.15) is 18.3 Å². The number of ether oxygens (including phenoxy) is 3. The zero-order chi connectivity index (χ0) is 39.8. The number of alkyl halides is 4. The number of allylic oxidation sites excluding steroid dienone is 2. The van der Waals surface area contributed by atoms with Crippen molar-refractivity contribution in [3.05, 3.63) is 24.3 Å². The van der Waals surface area contributed by atoms with E-state index in [-0.39, 0.29) is 49.7 Å². The minimum atomic E-state index is -2.89. The maximum atomic E-state index is 13.9. The number of nitrogens with one attached hydrogen (secondary N) is 1. The molecule has 53 heavy (non-hydrogen) atoms. The third kappa shape index (κ3) is 32.7.